The topological polar surface area (TPSA) is 62.3 Å². The zero-order valence-electron chi connectivity index (χ0n) is 17.4. The molecule has 0 radical (unpaired) electrons. The van der Waals surface area contributed by atoms with Gasteiger partial charge >= 0.3 is 0 Å². The van der Waals surface area contributed by atoms with E-state index in [0.717, 1.165) is 5.69 Å². The predicted octanol–water partition coefficient (Wildman–Crippen LogP) is 2.02. The lowest BCUT2D eigenvalue weighted by atomic mass is 10.1. The maximum absolute atomic E-state index is 12.9. The number of rotatable bonds is 4. The van der Waals surface area contributed by atoms with Crippen molar-refractivity contribution in [3.8, 4) is 11.5 Å². The molecule has 0 aromatic heterocycles. The lowest BCUT2D eigenvalue weighted by molar-refractivity contribution is -0.143. The van der Waals surface area contributed by atoms with Gasteiger partial charge in [0.2, 0.25) is 12.0 Å². The van der Waals surface area contributed by atoms with Gasteiger partial charge in [-0.25, -0.2) is 0 Å². The Labute approximate surface area is 176 Å². The van der Waals surface area contributed by atoms with Crippen LogP contribution in [0.15, 0.2) is 54.6 Å². The van der Waals surface area contributed by atoms with Crippen molar-refractivity contribution in [3.63, 3.8) is 0 Å². The van der Waals surface area contributed by atoms with E-state index >= 15 is 0 Å². The quantitative estimate of drug-likeness (QED) is 0.773. The first-order valence-electron chi connectivity index (χ1n) is 10.3. The van der Waals surface area contributed by atoms with E-state index in [0.29, 0.717) is 37.7 Å². The van der Waals surface area contributed by atoms with Crippen LogP contribution in [0.25, 0.3) is 0 Å². The van der Waals surface area contributed by atoms with E-state index in [2.05, 4.69) is 4.90 Å². The molecule has 1 fully saturated rings. The molecule has 2 amide bonds. The number of para-hydroxylation sites is 3. The number of carbonyl (C=O) groups excluding carboxylic acids is 2. The fraction of sp³-hybridized carbons (Fsp3) is 0.391. The molecular weight excluding hydrogens is 382 g/mol. The van der Waals surface area contributed by atoms with Crippen LogP contribution < -0.4 is 14.4 Å². The number of ether oxygens (including phenoxy) is 2. The number of piperazine rings is 1. The van der Waals surface area contributed by atoms with E-state index in [-0.39, 0.29) is 24.5 Å². The van der Waals surface area contributed by atoms with Crippen molar-refractivity contribution in [1.29, 1.82) is 0 Å². The van der Waals surface area contributed by atoms with Crippen LogP contribution in [-0.2, 0) is 9.59 Å². The lowest BCUT2D eigenvalue weighted by Gasteiger charge is -2.39. The van der Waals surface area contributed by atoms with Gasteiger partial charge in [-0.05, 0) is 31.2 Å². The number of anilines is 1. The number of amides is 2. The molecule has 30 heavy (non-hydrogen) atoms. The van der Waals surface area contributed by atoms with Crippen LogP contribution in [0, 0.1) is 0 Å². The number of hydrogen-bond donors (Lipinski definition) is 0. The van der Waals surface area contributed by atoms with Crippen molar-refractivity contribution in [3.05, 3.63) is 54.6 Å². The van der Waals surface area contributed by atoms with Crippen LogP contribution in [-0.4, -0.2) is 73.6 Å². The van der Waals surface area contributed by atoms with Gasteiger partial charge in [-0.3, -0.25) is 14.5 Å². The van der Waals surface area contributed by atoms with Crippen LogP contribution in [0.5, 0.6) is 11.5 Å². The molecule has 1 saturated heterocycles. The highest BCUT2D eigenvalue weighted by atomic mass is 16.6. The Balaban J connectivity index is 1.31. The molecule has 0 bridgehead atoms. The maximum Gasteiger partial charge on any atom is 0.267 e. The number of carbonyl (C=O) groups is 2. The first-order chi connectivity index (χ1) is 14.5. The molecule has 2 heterocycles. The predicted molar refractivity (Wildman–Crippen MR) is 114 cm³/mol. The minimum atomic E-state index is -0.630. The number of benzene rings is 2. The second kappa shape index (κ2) is 8.75. The highest BCUT2D eigenvalue weighted by Crippen LogP contribution is 2.31. The monoisotopic (exact) mass is 409 g/mol. The second-order valence-electron chi connectivity index (χ2n) is 7.63. The third kappa shape index (κ3) is 4.11. The van der Waals surface area contributed by atoms with Crippen molar-refractivity contribution in [1.82, 2.24) is 9.80 Å². The van der Waals surface area contributed by atoms with Gasteiger partial charge in [0, 0.05) is 38.9 Å². The summed E-state index contributed by atoms with van der Waals surface area (Å²) in [6.45, 7) is 4.55. The first kappa shape index (κ1) is 20.2. The van der Waals surface area contributed by atoms with Crippen LogP contribution in [0.2, 0.25) is 0 Å². The third-order valence-corrected chi connectivity index (χ3v) is 5.79. The Kier molecular flexibility index (Phi) is 5.90. The molecule has 7 heteroatoms. The van der Waals surface area contributed by atoms with Crippen LogP contribution in [0.1, 0.15) is 6.92 Å². The number of fused-ring (bicyclic) bond motifs is 1. The zero-order chi connectivity index (χ0) is 21.1. The number of nitrogens with zero attached hydrogens (tertiary/aromatic N) is 3. The van der Waals surface area contributed by atoms with Gasteiger partial charge in [0.05, 0.1) is 6.04 Å². The molecule has 2 aliphatic rings. The van der Waals surface area contributed by atoms with Crippen LogP contribution in [0.3, 0.4) is 0 Å². The molecule has 158 valence electrons. The highest BCUT2D eigenvalue weighted by molar-refractivity contribution is 5.96. The van der Waals surface area contributed by atoms with Crippen molar-refractivity contribution in [2.75, 3.05) is 44.7 Å². The Morgan fingerprint density at radius 2 is 1.60 bits per heavy atom. The molecule has 2 aliphatic heterocycles. The van der Waals surface area contributed by atoms with E-state index in [1.807, 2.05) is 61.5 Å². The molecule has 0 unspecified atom stereocenters. The van der Waals surface area contributed by atoms with E-state index in [1.165, 1.54) is 0 Å². The van der Waals surface area contributed by atoms with Gasteiger partial charge in [0.1, 0.15) is 6.61 Å². The summed E-state index contributed by atoms with van der Waals surface area (Å²) in [6, 6.07) is 16.7. The third-order valence-electron chi connectivity index (χ3n) is 5.79. The SMILES string of the molecule is C[C@@H](C(=O)N(C)c1ccccc1)N1CCN(C(=O)[C@H]2COc3ccccc3O2)CC1. The Hall–Kier alpha value is -3.06. The molecule has 0 spiro atoms. The maximum atomic E-state index is 12.9. The number of hydrogen-bond acceptors (Lipinski definition) is 5. The summed E-state index contributed by atoms with van der Waals surface area (Å²) in [5.74, 6) is 1.25. The van der Waals surface area contributed by atoms with Crippen molar-refractivity contribution in [2.24, 2.45) is 0 Å². The average Bonchev–Trinajstić information content (AvgIpc) is 2.82. The number of likely N-dealkylation sites (N-methyl/N-ethyl adjacent to an activating group) is 1. The molecule has 2 atom stereocenters. The highest BCUT2D eigenvalue weighted by Gasteiger charge is 2.34. The van der Waals surface area contributed by atoms with Gasteiger partial charge in [0.25, 0.3) is 5.91 Å². The normalized spacial score (nSPS) is 19.8. The molecular formula is C23H27N3O4. The molecule has 4 rings (SSSR count). The van der Waals surface area contributed by atoms with Crippen molar-refractivity contribution >= 4 is 17.5 Å². The second-order valence-corrected chi connectivity index (χ2v) is 7.63. The summed E-state index contributed by atoms with van der Waals surface area (Å²) in [4.78, 5) is 31.4. The summed E-state index contributed by atoms with van der Waals surface area (Å²) in [7, 11) is 1.80. The van der Waals surface area contributed by atoms with Gasteiger partial charge < -0.3 is 19.3 Å². The Morgan fingerprint density at radius 3 is 2.30 bits per heavy atom. The minimum absolute atomic E-state index is 0.0431. The standard InChI is InChI=1S/C23H27N3O4/c1-17(22(27)24(2)18-8-4-3-5-9-18)25-12-14-26(15-13-25)23(28)21-16-29-19-10-6-7-11-20(19)30-21/h3-11,17,21H,12-16H2,1-2H3/t17-,21+/m0/s1. The van der Waals surface area contributed by atoms with Gasteiger partial charge in [0.15, 0.2) is 11.5 Å². The summed E-state index contributed by atoms with van der Waals surface area (Å²) in [6.07, 6.45) is -0.630. The van der Waals surface area contributed by atoms with Crippen LogP contribution in [0.4, 0.5) is 5.69 Å². The van der Waals surface area contributed by atoms with Crippen molar-refractivity contribution in [2.45, 2.75) is 19.1 Å². The molecule has 7 nitrogen and oxygen atoms in total. The van der Waals surface area contributed by atoms with E-state index in [4.69, 9.17) is 9.47 Å². The molecule has 2 aromatic rings. The van der Waals surface area contributed by atoms with Gasteiger partial charge in [-0.15, -0.1) is 0 Å². The molecule has 0 N–H and O–H groups in total. The molecule has 2 aromatic carbocycles. The lowest BCUT2D eigenvalue weighted by Crippen LogP contribution is -2.57. The summed E-state index contributed by atoms with van der Waals surface area (Å²) >= 11 is 0. The summed E-state index contributed by atoms with van der Waals surface area (Å²) < 4.78 is 11.5. The molecule has 0 aliphatic carbocycles. The fourth-order valence-corrected chi connectivity index (χ4v) is 3.89. The van der Waals surface area contributed by atoms with Crippen molar-refractivity contribution < 1.29 is 19.1 Å². The first-order valence-corrected chi connectivity index (χ1v) is 10.3. The Bertz CT molecular complexity index is 896. The smallest absolute Gasteiger partial charge is 0.267 e. The Morgan fingerprint density at radius 1 is 0.967 bits per heavy atom. The van der Waals surface area contributed by atoms with E-state index in [9.17, 15) is 9.59 Å². The van der Waals surface area contributed by atoms with E-state index in [1.54, 1.807) is 16.8 Å². The molecule has 0 saturated carbocycles. The average molecular weight is 409 g/mol. The fourth-order valence-electron chi connectivity index (χ4n) is 3.89. The van der Waals surface area contributed by atoms with Gasteiger partial charge in [-0.1, -0.05) is 30.3 Å². The zero-order valence-corrected chi connectivity index (χ0v) is 17.4. The summed E-state index contributed by atoms with van der Waals surface area (Å²) in [5, 5.41) is 0. The van der Waals surface area contributed by atoms with Gasteiger partial charge in [-0.2, -0.15) is 0 Å². The minimum Gasteiger partial charge on any atom is -0.485 e. The largest absolute Gasteiger partial charge is 0.485 e. The van der Waals surface area contributed by atoms with Crippen LogP contribution >= 0.6 is 0 Å². The summed E-state index contributed by atoms with van der Waals surface area (Å²) in [5.41, 5.74) is 0.873. The van der Waals surface area contributed by atoms with E-state index < -0.39 is 6.10 Å².